The minimum Gasteiger partial charge on any atom is -0.484 e. The van der Waals surface area contributed by atoms with Gasteiger partial charge in [-0.05, 0) is 49.1 Å². The van der Waals surface area contributed by atoms with Gasteiger partial charge in [0.1, 0.15) is 5.75 Å². The van der Waals surface area contributed by atoms with Gasteiger partial charge in [0.05, 0.1) is 5.60 Å². The van der Waals surface area contributed by atoms with Gasteiger partial charge in [0.25, 0.3) is 5.91 Å². The highest BCUT2D eigenvalue weighted by Gasteiger charge is 2.38. The molecule has 3 fully saturated rings. The summed E-state index contributed by atoms with van der Waals surface area (Å²) in [5.74, 6) is 0.804. The quantitative estimate of drug-likeness (QED) is 0.629. The van der Waals surface area contributed by atoms with Crippen LogP contribution in [0.1, 0.15) is 24.8 Å². The lowest BCUT2D eigenvalue weighted by Crippen LogP contribution is -2.52. The molecule has 0 bridgehead atoms. The van der Waals surface area contributed by atoms with E-state index in [2.05, 4.69) is 57.2 Å². The fourth-order valence-electron chi connectivity index (χ4n) is 5.58. The highest BCUT2D eigenvalue weighted by atomic mass is 16.5. The number of nitrogens with zero attached hydrogens (tertiary/aromatic N) is 4. The van der Waals surface area contributed by atoms with E-state index in [4.69, 9.17) is 4.74 Å². The number of para-hydroxylation sites is 1. The Labute approximate surface area is 208 Å². The Morgan fingerprint density at radius 3 is 2.29 bits per heavy atom. The van der Waals surface area contributed by atoms with Crippen molar-refractivity contribution in [2.45, 2.75) is 31.4 Å². The molecule has 0 saturated carbocycles. The van der Waals surface area contributed by atoms with Crippen LogP contribution < -0.4 is 9.64 Å². The Balaban J connectivity index is 1.05. The van der Waals surface area contributed by atoms with Crippen molar-refractivity contribution in [1.82, 2.24) is 14.7 Å². The number of likely N-dealkylation sites (tertiary alicyclic amines) is 2. The van der Waals surface area contributed by atoms with Crippen LogP contribution >= 0.6 is 0 Å². The monoisotopic (exact) mass is 478 g/mol. The largest absolute Gasteiger partial charge is 0.484 e. The Bertz CT molecular complexity index is 956. The van der Waals surface area contributed by atoms with Gasteiger partial charge in [-0.15, -0.1) is 0 Å². The maximum Gasteiger partial charge on any atom is 0.260 e. The number of carbonyl (C=O) groups excluding carboxylic acids is 1. The number of carbonyl (C=O) groups is 1. The van der Waals surface area contributed by atoms with Gasteiger partial charge < -0.3 is 19.6 Å². The van der Waals surface area contributed by atoms with E-state index in [1.807, 2.05) is 17.0 Å². The predicted octanol–water partition coefficient (Wildman–Crippen LogP) is 2.45. The Kier molecular flexibility index (Phi) is 7.56. The average Bonchev–Trinajstić information content (AvgIpc) is 3.55. The van der Waals surface area contributed by atoms with E-state index in [-0.39, 0.29) is 12.5 Å². The van der Waals surface area contributed by atoms with Crippen molar-refractivity contribution in [2.24, 2.45) is 0 Å². The molecule has 3 aliphatic heterocycles. The van der Waals surface area contributed by atoms with Crippen molar-refractivity contribution in [1.29, 1.82) is 0 Å². The zero-order chi connectivity index (χ0) is 24.1. The van der Waals surface area contributed by atoms with Gasteiger partial charge in [-0.25, -0.2) is 0 Å². The van der Waals surface area contributed by atoms with Crippen molar-refractivity contribution in [3.63, 3.8) is 0 Å². The highest BCUT2D eigenvalue weighted by Crippen LogP contribution is 2.26. The molecule has 35 heavy (non-hydrogen) atoms. The molecule has 1 atom stereocenters. The summed E-state index contributed by atoms with van der Waals surface area (Å²) in [6.45, 7) is 8.96. The molecule has 0 radical (unpaired) electrons. The van der Waals surface area contributed by atoms with Crippen molar-refractivity contribution in [3.8, 4) is 5.75 Å². The molecular weight excluding hydrogens is 440 g/mol. The third kappa shape index (κ3) is 6.34. The molecule has 7 nitrogen and oxygen atoms in total. The van der Waals surface area contributed by atoms with Crippen LogP contribution in [0.3, 0.4) is 0 Å². The van der Waals surface area contributed by atoms with Crippen molar-refractivity contribution in [3.05, 3.63) is 60.2 Å². The van der Waals surface area contributed by atoms with Gasteiger partial charge in [-0.3, -0.25) is 14.6 Å². The van der Waals surface area contributed by atoms with Crippen molar-refractivity contribution < 1.29 is 14.6 Å². The first-order chi connectivity index (χ1) is 17.1. The molecule has 0 aromatic heterocycles. The first-order valence-electron chi connectivity index (χ1n) is 13.0. The Morgan fingerprint density at radius 1 is 0.857 bits per heavy atom. The van der Waals surface area contributed by atoms with E-state index in [0.29, 0.717) is 6.54 Å². The smallest absolute Gasteiger partial charge is 0.260 e. The number of hydrogen-bond acceptors (Lipinski definition) is 6. The number of anilines is 1. The zero-order valence-corrected chi connectivity index (χ0v) is 20.6. The number of aliphatic hydroxyl groups is 1. The first kappa shape index (κ1) is 24.1. The standard InChI is InChI=1S/C28H38N4O3/c33-27(32-13-4-5-14-32)21-35-26-10-8-24(9-11-26)20-30-15-12-28(34,23-30)22-29-16-18-31(19-17-29)25-6-2-1-3-7-25/h1-3,6-11,34H,4-5,12-23H2/t28-/m1/s1. The van der Waals surface area contributed by atoms with Crippen LogP contribution in [0.2, 0.25) is 0 Å². The lowest BCUT2D eigenvalue weighted by molar-refractivity contribution is -0.132. The predicted molar refractivity (Wildman–Crippen MR) is 138 cm³/mol. The van der Waals surface area contributed by atoms with Crippen molar-refractivity contribution in [2.75, 3.05) is 70.4 Å². The number of hydrogen-bond donors (Lipinski definition) is 1. The fraction of sp³-hybridized carbons (Fsp3) is 0.536. The molecule has 2 aromatic carbocycles. The van der Waals surface area contributed by atoms with Gasteiger partial charge >= 0.3 is 0 Å². The van der Waals surface area contributed by atoms with Gasteiger partial charge in [0.15, 0.2) is 6.61 Å². The minimum atomic E-state index is -0.645. The maximum atomic E-state index is 12.2. The van der Waals surface area contributed by atoms with Gasteiger partial charge in [0.2, 0.25) is 0 Å². The average molecular weight is 479 g/mol. The number of rotatable bonds is 8. The highest BCUT2D eigenvalue weighted by molar-refractivity contribution is 5.78. The van der Waals surface area contributed by atoms with Crippen LogP contribution in [0.5, 0.6) is 5.75 Å². The lowest BCUT2D eigenvalue weighted by atomic mass is 10.0. The van der Waals surface area contributed by atoms with E-state index in [0.717, 1.165) is 83.9 Å². The molecule has 7 heteroatoms. The second-order valence-electron chi connectivity index (χ2n) is 10.3. The van der Waals surface area contributed by atoms with E-state index in [9.17, 15) is 9.90 Å². The van der Waals surface area contributed by atoms with E-state index >= 15 is 0 Å². The molecule has 3 heterocycles. The van der Waals surface area contributed by atoms with Crippen LogP contribution in [0.25, 0.3) is 0 Å². The molecular formula is C28H38N4O3. The van der Waals surface area contributed by atoms with Gasteiger partial charge in [-0.1, -0.05) is 30.3 Å². The zero-order valence-electron chi connectivity index (χ0n) is 20.6. The van der Waals surface area contributed by atoms with Crippen LogP contribution in [0.4, 0.5) is 5.69 Å². The summed E-state index contributed by atoms with van der Waals surface area (Å²) in [4.78, 5) is 21.2. The SMILES string of the molecule is O=C(COc1ccc(CN2CC[C@@](O)(CN3CCN(c4ccccc4)CC3)C2)cc1)N1CCCC1. The van der Waals surface area contributed by atoms with E-state index in [1.54, 1.807) is 0 Å². The summed E-state index contributed by atoms with van der Waals surface area (Å²) in [6, 6.07) is 18.6. The molecule has 1 N–H and O–H groups in total. The van der Waals surface area contributed by atoms with E-state index in [1.165, 1.54) is 11.3 Å². The number of β-amino-alcohol motifs (C(OH)–C–C–N with tert-alkyl or cyclic N) is 1. The van der Waals surface area contributed by atoms with E-state index < -0.39 is 5.60 Å². The van der Waals surface area contributed by atoms with Gasteiger partial charge in [0, 0.05) is 71.1 Å². The summed E-state index contributed by atoms with van der Waals surface area (Å²) >= 11 is 0. The molecule has 2 aromatic rings. The Morgan fingerprint density at radius 2 is 1.57 bits per heavy atom. The second-order valence-corrected chi connectivity index (χ2v) is 10.3. The summed E-state index contributed by atoms with van der Waals surface area (Å²) in [5, 5.41) is 11.3. The topological polar surface area (TPSA) is 59.5 Å². The first-order valence-corrected chi connectivity index (χ1v) is 13.0. The number of ether oxygens (including phenoxy) is 1. The fourth-order valence-corrected chi connectivity index (χ4v) is 5.58. The number of piperazine rings is 1. The molecule has 5 rings (SSSR count). The van der Waals surface area contributed by atoms with Gasteiger partial charge in [-0.2, -0.15) is 0 Å². The molecule has 0 aliphatic carbocycles. The molecule has 3 aliphatic rings. The second kappa shape index (κ2) is 11.0. The number of amides is 1. The normalized spacial score (nSPS) is 23.7. The van der Waals surface area contributed by atoms with Crippen LogP contribution in [-0.2, 0) is 11.3 Å². The molecule has 3 saturated heterocycles. The summed E-state index contributed by atoms with van der Waals surface area (Å²) in [7, 11) is 0. The minimum absolute atomic E-state index is 0.0735. The molecule has 0 unspecified atom stereocenters. The summed E-state index contributed by atoms with van der Waals surface area (Å²) in [6.07, 6.45) is 3.00. The maximum absolute atomic E-state index is 12.2. The van der Waals surface area contributed by atoms with Crippen LogP contribution in [-0.4, -0.2) is 96.8 Å². The summed E-state index contributed by atoms with van der Waals surface area (Å²) < 4.78 is 5.70. The molecule has 1 amide bonds. The number of benzene rings is 2. The third-order valence-corrected chi connectivity index (χ3v) is 7.57. The van der Waals surface area contributed by atoms with Crippen molar-refractivity contribution >= 4 is 11.6 Å². The van der Waals surface area contributed by atoms with Crippen LogP contribution in [0.15, 0.2) is 54.6 Å². The lowest BCUT2D eigenvalue weighted by Gasteiger charge is -2.39. The Hall–Kier alpha value is -2.61. The molecule has 0 spiro atoms. The third-order valence-electron chi connectivity index (χ3n) is 7.57. The van der Waals surface area contributed by atoms with Crippen LogP contribution in [0, 0.1) is 0 Å². The molecule has 188 valence electrons. The summed E-state index contributed by atoms with van der Waals surface area (Å²) in [5.41, 5.74) is 1.84.